The SMILES string of the molecule is C[C@@H](O)c1cccc(OC2CCCCNC2=O)c1. The Labute approximate surface area is 107 Å². The van der Waals surface area contributed by atoms with Gasteiger partial charge in [0, 0.05) is 6.54 Å². The van der Waals surface area contributed by atoms with Crippen LogP contribution in [0.1, 0.15) is 37.9 Å². The Bertz CT molecular complexity index is 417. The van der Waals surface area contributed by atoms with E-state index in [2.05, 4.69) is 5.32 Å². The summed E-state index contributed by atoms with van der Waals surface area (Å²) in [4.78, 5) is 11.8. The molecule has 2 N–H and O–H groups in total. The Hall–Kier alpha value is -1.55. The zero-order chi connectivity index (χ0) is 13.0. The van der Waals surface area contributed by atoms with Gasteiger partial charge >= 0.3 is 0 Å². The molecule has 1 heterocycles. The van der Waals surface area contributed by atoms with E-state index in [1.54, 1.807) is 13.0 Å². The molecule has 1 saturated heterocycles. The number of aliphatic hydroxyl groups is 1. The van der Waals surface area contributed by atoms with E-state index in [1.165, 1.54) is 0 Å². The van der Waals surface area contributed by atoms with Crippen molar-refractivity contribution in [2.45, 2.75) is 38.4 Å². The summed E-state index contributed by atoms with van der Waals surface area (Å²) in [5.74, 6) is 0.588. The van der Waals surface area contributed by atoms with Crippen molar-refractivity contribution in [3.05, 3.63) is 29.8 Å². The van der Waals surface area contributed by atoms with Crippen molar-refractivity contribution in [1.29, 1.82) is 0 Å². The van der Waals surface area contributed by atoms with Gasteiger partial charge in [0.1, 0.15) is 5.75 Å². The molecule has 4 nitrogen and oxygen atoms in total. The zero-order valence-corrected chi connectivity index (χ0v) is 10.6. The lowest BCUT2D eigenvalue weighted by Crippen LogP contribution is -2.36. The van der Waals surface area contributed by atoms with Crippen LogP contribution in [0.3, 0.4) is 0 Å². The summed E-state index contributed by atoms with van der Waals surface area (Å²) in [5, 5.41) is 12.4. The topological polar surface area (TPSA) is 58.6 Å². The number of amides is 1. The van der Waals surface area contributed by atoms with Gasteiger partial charge in [-0.25, -0.2) is 0 Å². The van der Waals surface area contributed by atoms with Gasteiger partial charge in [-0.2, -0.15) is 0 Å². The zero-order valence-electron chi connectivity index (χ0n) is 10.6. The molecule has 1 fully saturated rings. The van der Waals surface area contributed by atoms with Crippen LogP contribution in [-0.4, -0.2) is 23.7 Å². The van der Waals surface area contributed by atoms with Crippen LogP contribution < -0.4 is 10.1 Å². The molecule has 1 aromatic rings. The first-order chi connectivity index (χ1) is 8.66. The molecule has 98 valence electrons. The highest BCUT2D eigenvalue weighted by Crippen LogP contribution is 2.21. The van der Waals surface area contributed by atoms with Crippen molar-refractivity contribution in [2.75, 3.05) is 6.54 Å². The number of carbonyl (C=O) groups excluding carboxylic acids is 1. The molecule has 18 heavy (non-hydrogen) atoms. The molecule has 1 aromatic carbocycles. The van der Waals surface area contributed by atoms with E-state index in [9.17, 15) is 9.90 Å². The summed E-state index contributed by atoms with van der Waals surface area (Å²) in [6.07, 6.45) is 1.78. The second kappa shape index (κ2) is 5.87. The number of hydrogen-bond donors (Lipinski definition) is 2. The van der Waals surface area contributed by atoms with Crippen molar-refractivity contribution < 1.29 is 14.6 Å². The maximum Gasteiger partial charge on any atom is 0.261 e. The summed E-state index contributed by atoms with van der Waals surface area (Å²) < 4.78 is 5.72. The Morgan fingerprint density at radius 2 is 2.28 bits per heavy atom. The second-order valence-electron chi connectivity index (χ2n) is 4.64. The molecule has 0 aromatic heterocycles. The number of hydrogen-bond acceptors (Lipinski definition) is 3. The number of carbonyl (C=O) groups is 1. The van der Waals surface area contributed by atoms with Crippen LogP contribution >= 0.6 is 0 Å². The summed E-state index contributed by atoms with van der Waals surface area (Å²) in [7, 11) is 0. The Balaban J connectivity index is 2.07. The highest BCUT2D eigenvalue weighted by atomic mass is 16.5. The van der Waals surface area contributed by atoms with E-state index in [-0.39, 0.29) is 5.91 Å². The van der Waals surface area contributed by atoms with Crippen molar-refractivity contribution >= 4 is 5.91 Å². The smallest absolute Gasteiger partial charge is 0.261 e. The molecular weight excluding hydrogens is 230 g/mol. The van der Waals surface area contributed by atoms with Crippen molar-refractivity contribution in [2.24, 2.45) is 0 Å². The van der Waals surface area contributed by atoms with E-state index in [1.807, 2.05) is 18.2 Å². The standard InChI is InChI=1S/C14H19NO3/c1-10(16)11-5-4-6-12(9-11)18-13-7-2-3-8-15-14(13)17/h4-6,9-10,13,16H,2-3,7-8H2,1H3,(H,15,17)/t10-,13?/m1/s1. The minimum atomic E-state index is -0.531. The molecule has 0 aliphatic carbocycles. The maximum absolute atomic E-state index is 11.8. The van der Waals surface area contributed by atoms with Gasteiger partial charge in [-0.1, -0.05) is 12.1 Å². The highest BCUT2D eigenvalue weighted by molar-refractivity contribution is 5.81. The van der Waals surface area contributed by atoms with E-state index in [0.717, 1.165) is 31.4 Å². The molecule has 2 rings (SSSR count). The van der Waals surface area contributed by atoms with Gasteiger partial charge < -0.3 is 15.2 Å². The molecule has 0 saturated carbocycles. The van der Waals surface area contributed by atoms with E-state index in [4.69, 9.17) is 4.74 Å². The number of aliphatic hydroxyl groups excluding tert-OH is 1. The lowest BCUT2D eigenvalue weighted by Gasteiger charge is -2.16. The third-order valence-corrected chi connectivity index (χ3v) is 3.10. The molecule has 0 radical (unpaired) electrons. The summed E-state index contributed by atoms with van der Waals surface area (Å²) in [5.41, 5.74) is 0.793. The van der Waals surface area contributed by atoms with Gasteiger partial charge in [-0.05, 0) is 43.9 Å². The van der Waals surface area contributed by atoms with Crippen LogP contribution in [0.25, 0.3) is 0 Å². The van der Waals surface area contributed by atoms with Gasteiger partial charge in [-0.3, -0.25) is 4.79 Å². The van der Waals surface area contributed by atoms with Crippen molar-refractivity contribution in [3.8, 4) is 5.75 Å². The van der Waals surface area contributed by atoms with Crippen molar-refractivity contribution in [3.63, 3.8) is 0 Å². The fraction of sp³-hybridized carbons (Fsp3) is 0.500. The fourth-order valence-corrected chi connectivity index (χ4v) is 2.04. The molecule has 0 bridgehead atoms. The van der Waals surface area contributed by atoms with Gasteiger partial charge in [0.15, 0.2) is 6.10 Å². The first kappa shape index (κ1) is 12.9. The normalized spacial score (nSPS) is 21.9. The average Bonchev–Trinajstić information content (AvgIpc) is 2.55. The number of ether oxygens (including phenoxy) is 1. The Morgan fingerprint density at radius 1 is 1.44 bits per heavy atom. The van der Waals surface area contributed by atoms with Gasteiger partial charge in [-0.15, -0.1) is 0 Å². The van der Waals surface area contributed by atoms with Crippen molar-refractivity contribution in [1.82, 2.24) is 5.32 Å². The summed E-state index contributed by atoms with van der Waals surface area (Å²) >= 11 is 0. The third-order valence-electron chi connectivity index (χ3n) is 3.10. The van der Waals surface area contributed by atoms with Crippen LogP contribution in [0, 0.1) is 0 Å². The van der Waals surface area contributed by atoms with Gasteiger partial charge in [0.05, 0.1) is 6.10 Å². The van der Waals surface area contributed by atoms with Crippen LogP contribution in [0.2, 0.25) is 0 Å². The molecule has 4 heteroatoms. The summed E-state index contributed by atoms with van der Waals surface area (Å²) in [6.45, 7) is 2.43. The predicted molar refractivity (Wildman–Crippen MR) is 68.4 cm³/mol. The van der Waals surface area contributed by atoms with E-state index < -0.39 is 12.2 Å². The Morgan fingerprint density at radius 3 is 3.06 bits per heavy atom. The van der Waals surface area contributed by atoms with Gasteiger partial charge in [0.25, 0.3) is 5.91 Å². The van der Waals surface area contributed by atoms with Gasteiger partial charge in [0.2, 0.25) is 0 Å². The highest BCUT2D eigenvalue weighted by Gasteiger charge is 2.22. The molecule has 1 aliphatic rings. The monoisotopic (exact) mass is 249 g/mol. The predicted octanol–water partition coefficient (Wildman–Crippen LogP) is 1.79. The van der Waals surface area contributed by atoms with Crippen LogP contribution in [-0.2, 0) is 4.79 Å². The molecule has 2 atom stereocenters. The van der Waals surface area contributed by atoms with Crippen LogP contribution in [0.5, 0.6) is 5.75 Å². The minimum absolute atomic E-state index is 0.0463. The molecule has 1 amide bonds. The van der Waals surface area contributed by atoms with E-state index >= 15 is 0 Å². The number of rotatable bonds is 3. The second-order valence-corrected chi connectivity index (χ2v) is 4.64. The van der Waals surface area contributed by atoms with E-state index in [0.29, 0.717) is 5.75 Å². The maximum atomic E-state index is 11.8. The lowest BCUT2D eigenvalue weighted by atomic mass is 10.1. The molecule has 1 aliphatic heterocycles. The molecule has 1 unspecified atom stereocenters. The number of nitrogens with one attached hydrogen (secondary N) is 1. The fourth-order valence-electron chi connectivity index (χ4n) is 2.04. The third kappa shape index (κ3) is 3.23. The quantitative estimate of drug-likeness (QED) is 0.858. The summed E-state index contributed by atoms with van der Waals surface area (Å²) in [6, 6.07) is 7.25. The average molecular weight is 249 g/mol. The Kier molecular flexibility index (Phi) is 4.20. The largest absolute Gasteiger partial charge is 0.481 e. The van der Waals surface area contributed by atoms with Crippen LogP contribution in [0.4, 0.5) is 0 Å². The van der Waals surface area contributed by atoms with Crippen LogP contribution in [0.15, 0.2) is 24.3 Å². The molecule has 0 spiro atoms. The first-order valence-corrected chi connectivity index (χ1v) is 6.39. The lowest BCUT2D eigenvalue weighted by molar-refractivity contribution is -0.127. The number of benzene rings is 1. The molecular formula is C14H19NO3. The minimum Gasteiger partial charge on any atom is -0.481 e. The first-order valence-electron chi connectivity index (χ1n) is 6.39.